The van der Waals surface area contributed by atoms with E-state index in [1.807, 2.05) is 0 Å². The Labute approximate surface area is 171 Å². The number of nitrogens with zero attached hydrogens (tertiary/aromatic N) is 1. The van der Waals surface area contributed by atoms with Crippen LogP contribution in [0.1, 0.15) is 33.1 Å². The van der Waals surface area contributed by atoms with Crippen LogP contribution >= 0.6 is 11.6 Å². The van der Waals surface area contributed by atoms with Gasteiger partial charge in [0.2, 0.25) is 15.9 Å². The lowest BCUT2D eigenvalue weighted by Crippen LogP contribution is -2.43. The van der Waals surface area contributed by atoms with Gasteiger partial charge >= 0.3 is 0 Å². The Bertz CT molecular complexity index is 765. The summed E-state index contributed by atoms with van der Waals surface area (Å²) in [6.07, 6.45) is 1.64. The lowest BCUT2D eigenvalue weighted by Gasteiger charge is -2.30. The summed E-state index contributed by atoms with van der Waals surface area (Å²) in [5, 5.41) is 2.66. The molecule has 0 spiro atoms. The van der Waals surface area contributed by atoms with Crippen molar-refractivity contribution in [1.29, 1.82) is 0 Å². The predicted octanol–water partition coefficient (Wildman–Crippen LogP) is 3.06. The van der Waals surface area contributed by atoms with Crippen LogP contribution in [-0.4, -0.2) is 51.5 Å². The van der Waals surface area contributed by atoms with Crippen molar-refractivity contribution in [2.24, 2.45) is 11.8 Å². The molecule has 0 bridgehead atoms. The number of carbonyl (C=O) groups is 1. The van der Waals surface area contributed by atoms with Gasteiger partial charge < -0.3 is 10.1 Å². The first-order valence-corrected chi connectivity index (χ1v) is 11.3. The van der Waals surface area contributed by atoms with Gasteiger partial charge in [-0.2, -0.15) is 4.31 Å². The van der Waals surface area contributed by atoms with Crippen LogP contribution in [0.15, 0.2) is 23.1 Å². The molecule has 1 aliphatic rings. The summed E-state index contributed by atoms with van der Waals surface area (Å²) in [7, 11) is -3.75. The highest BCUT2D eigenvalue weighted by Crippen LogP contribution is 2.26. The quantitative estimate of drug-likeness (QED) is 0.606. The molecule has 1 heterocycles. The lowest BCUT2D eigenvalue weighted by molar-refractivity contribution is -0.126. The molecule has 1 amide bonds. The summed E-state index contributed by atoms with van der Waals surface area (Å²) in [5.74, 6) is -0.432. The Morgan fingerprint density at radius 2 is 2.04 bits per heavy atom. The molecule has 1 aliphatic heterocycles. The molecule has 0 aliphatic carbocycles. The van der Waals surface area contributed by atoms with Crippen LogP contribution in [0, 0.1) is 17.7 Å². The van der Waals surface area contributed by atoms with Gasteiger partial charge in [0.25, 0.3) is 0 Å². The number of piperidine rings is 1. The number of nitrogens with one attached hydrogen (secondary N) is 1. The molecule has 0 unspecified atom stereocenters. The van der Waals surface area contributed by atoms with Crippen molar-refractivity contribution in [1.82, 2.24) is 9.62 Å². The smallest absolute Gasteiger partial charge is 0.243 e. The number of sulfonamides is 1. The third-order valence-corrected chi connectivity index (χ3v) is 6.75. The van der Waals surface area contributed by atoms with Gasteiger partial charge in [-0.05, 0) is 43.4 Å². The molecule has 1 fully saturated rings. The van der Waals surface area contributed by atoms with Crippen LogP contribution in [0.2, 0.25) is 5.02 Å². The number of amides is 1. The van der Waals surface area contributed by atoms with Crippen molar-refractivity contribution in [3.8, 4) is 0 Å². The van der Waals surface area contributed by atoms with Gasteiger partial charge in [0.15, 0.2) is 0 Å². The maximum atomic E-state index is 13.3. The van der Waals surface area contributed by atoms with Crippen molar-refractivity contribution in [2.45, 2.75) is 38.0 Å². The summed E-state index contributed by atoms with van der Waals surface area (Å²) in [6.45, 7) is 6.51. The van der Waals surface area contributed by atoms with E-state index in [0.717, 1.165) is 18.6 Å². The van der Waals surface area contributed by atoms with Crippen LogP contribution in [0.4, 0.5) is 4.39 Å². The number of ether oxygens (including phenoxy) is 1. The zero-order valence-corrected chi connectivity index (χ0v) is 17.9. The summed E-state index contributed by atoms with van der Waals surface area (Å²) in [4.78, 5) is 12.2. The van der Waals surface area contributed by atoms with Gasteiger partial charge in [-0.1, -0.05) is 25.4 Å². The van der Waals surface area contributed by atoms with Crippen LogP contribution in [-0.2, 0) is 19.6 Å². The average Bonchev–Trinajstić information content (AvgIpc) is 2.66. The van der Waals surface area contributed by atoms with E-state index in [0.29, 0.717) is 38.5 Å². The fourth-order valence-corrected chi connectivity index (χ4v) is 4.74. The molecule has 6 nitrogen and oxygen atoms in total. The highest BCUT2D eigenvalue weighted by Gasteiger charge is 2.32. The van der Waals surface area contributed by atoms with Crippen LogP contribution in [0.3, 0.4) is 0 Å². The van der Waals surface area contributed by atoms with Crippen molar-refractivity contribution < 1.29 is 22.3 Å². The highest BCUT2D eigenvalue weighted by molar-refractivity contribution is 7.89. The molecule has 1 aromatic carbocycles. The third-order valence-electron chi connectivity index (χ3n) is 4.57. The zero-order valence-electron chi connectivity index (χ0n) is 16.3. The topological polar surface area (TPSA) is 75.7 Å². The monoisotopic (exact) mass is 434 g/mol. The van der Waals surface area contributed by atoms with Crippen molar-refractivity contribution in [2.75, 3.05) is 32.8 Å². The highest BCUT2D eigenvalue weighted by atomic mass is 35.5. The van der Waals surface area contributed by atoms with E-state index in [2.05, 4.69) is 19.2 Å². The number of rotatable bonds is 9. The fraction of sp³-hybridized carbons (Fsp3) is 0.632. The minimum absolute atomic E-state index is 0.0387. The normalized spacial score (nSPS) is 16.5. The van der Waals surface area contributed by atoms with E-state index in [9.17, 15) is 17.6 Å². The molecule has 9 heteroatoms. The van der Waals surface area contributed by atoms with E-state index in [1.54, 1.807) is 0 Å². The van der Waals surface area contributed by atoms with Gasteiger partial charge in [0.05, 0.1) is 9.92 Å². The molecule has 1 N–H and O–H groups in total. The van der Waals surface area contributed by atoms with Crippen molar-refractivity contribution in [3.63, 3.8) is 0 Å². The molecule has 0 radical (unpaired) electrons. The Kier molecular flexibility index (Phi) is 8.67. The third kappa shape index (κ3) is 6.40. The van der Waals surface area contributed by atoms with E-state index >= 15 is 0 Å². The van der Waals surface area contributed by atoms with Crippen molar-refractivity contribution >= 4 is 27.5 Å². The van der Waals surface area contributed by atoms with Crippen LogP contribution in [0.5, 0.6) is 0 Å². The Balaban J connectivity index is 1.78. The Morgan fingerprint density at radius 3 is 2.64 bits per heavy atom. The minimum atomic E-state index is -3.75. The summed E-state index contributed by atoms with van der Waals surface area (Å²) >= 11 is 5.70. The second-order valence-electron chi connectivity index (χ2n) is 7.37. The van der Waals surface area contributed by atoms with Gasteiger partial charge in [-0.15, -0.1) is 0 Å². The summed E-state index contributed by atoms with van der Waals surface area (Å²) in [5.41, 5.74) is 0. The van der Waals surface area contributed by atoms with Gasteiger partial charge in [0.1, 0.15) is 5.82 Å². The van der Waals surface area contributed by atoms with Crippen LogP contribution in [0.25, 0.3) is 0 Å². The maximum absolute atomic E-state index is 13.3. The zero-order chi connectivity index (χ0) is 20.7. The first kappa shape index (κ1) is 23.1. The number of halogens is 2. The second-order valence-corrected chi connectivity index (χ2v) is 9.71. The molecule has 1 aromatic rings. The molecule has 0 atom stereocenters. The molecular formula is C19H28ClFN2O4S. The minimum Gasteiger partial charge on any atom is -0.381 e. The second kappa shape index (κ2) is 10.5. The van der Waals surface area contributed by atoms with Gasteiger partial charge in [0, 0.05) is 38.8 Å². The number of hydrogen-bond donors (Lipinski definition) is 1. The van der Waals surface area contributed by atoms with Crippen LogP contribution < -0.4 is 5.32 Å². The fourth-order valence-electron chi connectivity index (χ4n) is 2.99. The van der Waals surface area contributed by atoms with E-state index in [1.165, 1.54) is 10.4 Å². The van der Waals surface area contributed by atoms with E-state index in [-0.39, 0.29) is 34.8 Å². The number of benzene rings is 1. The van der Waals surface area contributed by atoms with E-state index in [4.69, 9.17) is 16.3 Å². The first-order valence-electron chi connectivity index (χ1n) is 9.52. The Morgan fingerprint density at radius 1 is 1.36 bits per heavy atom. The summed E-state index contributed by atoms with van der Waals surface area (Å²) < 4.78 is 45.4. The van der Waals surface area contributed by atoms with Crippen molar-refractivity contribution in [3.05, 3.63) is 29.0 Å². The largest absolute Gasteiger partial charge is 0.381 e. The van der Waals surface area contributed by atoms with Gasteiger partial charge in [-0.25, -0.2) is 12.8 Å². The predicted molar refractivity (Wildman–Crippen MR) is 106 cm³/mol. The van der Waals surface area contributed by atoms with E-state index < -0.39 is 15.8 Å². The maximum Gasteiger partial charge on any atom is 0.243 e. The van der Waals surface area contributed by atoms with Gasteiger partial charge in [-0.3, -0.25) is 4.79 Å². The first-order chi connectivity index (χ1) is 13.2. The molecule has 158 valence electrons. The molecule has 0 saturated carbocycles. The standard InChI is InChI=1S/C19H28ClFN2O4S/c1-14(2)13-27-11-3-8-22-19(24)15-6-9-23(10-7-15)28(25,26)16-4-5-18(21)17(20)12-16/h4-5,12,14-15H,3,6-11,13H2,1-2H3,(H,22,24). The molecule has 2 rings (SSSR count). The SMILES string of the molecule is CC(C)COCCCNC(=O)C1CCN(S(=O)(=O)c2ccc(F)c(Cl)c2)CC1. The molecular weight excluding hydrogens is 407 g/mol. The summed E-state index contributed by atoms with van der Waals surface area (Å²) in [6, 6.07) is 3.36. The molecule has 28 heavy (non-hydrogen) atoms. The molecule has 1 saturated heterocycles. The number of carbonyl (C=O) groups excluding carboxylic acids is 1. The lowest BCUT2D eigenvalue weighted by atomic mass is 9.97. The average molecular weight is 435 g/mol. The molecule has 0 aromatic heterocycles. The number of hydrogen-bond acceptors (Lipinski definition) is 4. The Hall–Kier alpha value is -1.22.